The van der Waals surface area contributed by atoms with Crippen LogP contribution in [0.5, 0.6) is 0 Å². The van der Waals surface area contributed by atoms with Gasteiger partial charge in [-0.3, -0.25) is 0 Å². The summed E-state index contributed by atoms with van der Waals surface area (Å²) in [5.41, 5.74) is 8.17. The zero-order valence-corrected chi connectivity index (χ0v) is 10.4. The summed E-state index contributed by atoms with van der Waals surface area (Å²) in [5.74, 6) is 0. The van der Waals surface area contributed by atoms with Gasteiger partial charge in [0.25, 0.3) is 0 Å². The number of nitrogens with two attached hydrogens (primary N) is 1. The Bertz CT molecular complexity index is 579. The lowest BCUT2D eigenvalue weighted by molar-refractivity contribution is 0.0865. The third-order valence-electron chi connectivity index (χ3n) is 3.40. The van der Waals surface area contributed by atoms with Crippen molar-refractivity contribution in [2.75, 3.05) is 5.73 Å². The van der Waals surface area contributed by atoms with Crippen LogP contribution in [-0.4, -0.2) is 10.1 Å². The number of nitrogens with zero attached hydrogens (tertiary/aromatic N) is 1. The average molecular weight is 246 g/mol. The van der Waals surface area contributed by atoms with E-state index < -0.39 is 5.60 Å². The Morgan fingerprint density at radius 1 is 1.47 bits per heavy atom. The standard InChI is InChI=1S/C13H14N2OS/c1-8-2-3-9-4-5-13(16,10(9)6-8)11-7-15-12(14)17-11/h2-3,6-7,16H,4-5H2,1H3,(H2,14,15). The number of aromatic nitrogens is 1. The van der Waals surface area contributed by atoms with Gasteiger partial charge in [-0.25, -0.2) is 4.98 Å². The Morgan fingerprint density at radius 2 is 2.29 bits per heavy atom. The van der Waals surface area contributed by atoms with Crippen LogP contribution in [0.3, 0.4) is 0 Å². The van der Waals surface area contributed by atoms with Gasteiger partial charge in [-0.05, 0) is 30.9 Å². The van der Waals surface area contributed by atoms with Crippen molar-refractivity contribution in [2.45, 2.75) is 25.4 Å². The molecular formula is C13H14N2OS. The van der Waals surface area contributed by atoms with Gasteiger partial charge in [-0.1, -0.05) is 35.1 Å². The van der Waals surface area contributed by atoms with Crippen molar-refractivity contribution >= 4 is 16.5 Å². The van der Waals surface area contributed by atoms with Gasteiger partial charge in [0.15, 0.2) is 5.13 Å². The van der Waals surface area contributed by atoms with E-state index in [-0.39, 0.29) is 0 Å². The summed E-state index contributed by atoms with van der Waals surface area (Å²) in [5, 5.41) is 11.4. The molecule has 0 radical (unpaired) electrons. The number of nitrogen functional groups attached to an aromatic ring is 1. The third-order valence-corrected chi connectivity index (χ3v) is 4.38. The summed E-state index contributed by atoms with van der Waals surface area (Å²) in [6.07, 6.45) is 3.31. The molecule has 0 saturated heterocycles. The number of hydrogen-bond acceptors (Lipinski definition) is 4. The van der Waals surface area contributed by atoms with Gasteiger partial charge in [-0.2, -0.15) is 0 Å². The number of benzene rings is 1. The fourth-order valence-corrected chi connectivity index (χ4v) is 3.30. The summed E-state index contributed by atoms with van der Waals surface area (Å²) in [7, 11) is 0. The van der Waals surface area contributed by atoms with Gasteiger partial charge in [0.1, 0.15) is 5.60 Å². The van der Waals surface area contributed by atoms with Gasteiger partial charge < -0.3 is 10.8 Å². The molecule has 0 aliphatic heterocycles. The molecule has 0 spiro atoms. The minimum atomic E-state index is -0.892. The average Bonchev–Trinajstić information content (AvgIpc) is 2.86. The van der Waals surface area contributed by atoms with Crippen LogP contribution in [0.15, 0.2) is 24.4 Å². The van der Waals surface area contributed by atoms with Gasteiger partial charge in [0.2, 0.25) is 0 Å². The highest BCUT2D eigenvalue weighted by atomic mass is 32.1. The minimum absolute atomic E-state index is 0.509. The molecule has 3 N–H and O–H groups in total. The third kappa shape index (κ3) is 1.56. The predicted octanol–water partition coefficient (Wildman–Crippen LogP) is 2.22. The van der Waals surface area contributed by atoms with Gasteiger partial charge >= 0.3 is 0 Å². The van der Waals surface area contributed by atoms with E-state index in [1.165, 1.54) is 22.5 Å². The molecule has 0 amide bonds. The summed E-state index contributed by atoms with van der Waals surface area (Å²) in [6.45, 7) is 2.04. The lowest BCUT2D eigenvalue weighted by Crippen LogP contribution is -2.22. The van der Waals surface area contributed by atoms with E-state index in [0.29, 0.717) is 11.6 Å². The van der Waals surface area contributed by atoms with Crippen LogP contribution in [0.4, 0.5) is 5.13 Å². The number of aliphatic hydroxyl groups is 1. The van der Waals surface area contributed by atoms with E-state index in [4.69, 9.17) is 5.73 Å². The van der Waals surface area contributed by atoms with Gasteiger partial charge in [0, 0.05) is 6.20 Å². The van der Waals surface area contributed by atoms with E-state index in [1.807, 2.05) is 6.92 Å². The molecule has 1 aliphatic rings. The summed E-state index contributed by atoms with van der Waals surface area (Å²) in [4.78, 5) is 4.88. The van der Waals surface area contributed by atoms with Crippen LogP contribution in [0.1, 0.15) is 28.0 Å². The summed E-state index contributed by atoms with van der Waals surface area (Å²) >= 11 is 1.37. The van der Waals surface area contributed by atoms with Crippen molar-refractivity contribution in [1.29, 1.82) is 0 Å². The van der Waals surface area contributed by atoms with E-state index in [1.54, 1.807) is 6.20 Å². The molecule has 1 aromatic heterocycles. The second kappa shape index (κ2) is 3.55. The zero-order valence-electron chi connectivity index (χ0n) is 9.60. The van der Waals surface area contributed by atoms with Crippen LogP contribution in [0.25, 0.3) is 0 Å². The number of fused-ring (bicyclic) bond motifs is 1. The smallest absolute Gasteiger partial charge is 0.180 e. The molecule has 0 bridgehead atoms. The lowest BCUT2D eigenvalue weighted by Gasteiger charge is -2.22. The molecule has 1 heterocycles. The molecule has 88 valence electrons. The molecule has 4 heteroatoms. The van der Waals surface area contributed by atoms with E-state index in [9.17, 15) is 5.11 Å². The molecule has 2 aromatic rings. The second-order valence-corrected chi connectivity index (χ2v) is 5.65. The first-order valence-corrected chi connectivity index (χ1v) is 6.45. The Labute approximate surface area is 104 Å². The van der Waals surface area contributed by atoms with Gasteiger partial charge in [0.05, 0.1) is 4.88 Å². The topological polar surface area (TPSA) is 59.1 Å². The van der Waals surface area contributed by atoms with Crippen molar-refractivity contribution in [3.63, 3.8) is 0 Å². The first-order valence-electron chi connectivity index (χ1n) is 5.64. The SMILES string of the molecule is Cc1ccc2c(c1)C(O)(c1cnc(N)s1)CC2. The number of aryl methyl sites for hydroxylation is 2. The highest BCUT2D eigenvalue weighted by Crippen LogP contribution is 2.44. The molecular weight excluding hydrogens is 232 g/mol. The molecule has 1 aliphatic carbocycles. The minimum Gasteiger partial charge on any atom is -0.379 e. The van der Waals surface area contributed by atoms with Crippen molar-refractivity contribution in [1.82, 2.24) is 4.98 Å². The number of rotatable bonds is 1. The van der Waals surface area contributed by atoms with Crippen molar-refractivity contribution in [3.05, 3.63) is 46.0 Å². The van der Waals surface area contributed by atoms with Gasteiger partial charge in [-0.15, -0.1) is 0 Å². The fraction of sp³-hybridized carbons (Fsp3) is 0.308. The van der Waals surface area contributed by atoms with Crippen LogP contribution in [-0.2, 0) is 12.0 Å². The van der Waals surface area contributed by atoms with Crippen LogP contribution < -0.4 is 5.73 Å². The Morgan fingerprint density at radius 3 is 3.00 bits per heavy atom. The maximum Gasteiger partial charge on any atom is 0.180 e. The highest BCUT2D eigenvalue weighted by Gasteiger charge is 2.39. The molecule has 3 nitrogen and oxygen atoms in total. The van der Waals surface area contributed by atoms with E-state index >= 15 is 0 Å². The molecule has 3 rings (SSSR count). The number of hydrogen-bond donors (Lipinski definition) is 2. The maximum atomic E-state index is 10.9. The van der Waals surface area contributed by atoms with Crippen LogP contribution in [0, 0.1) is 6.92 Å². The largest absolute Gasteiger partial charge is 0.379 e. The van der Waals surface area contributed by atoms with E-state index in [0.717, 1.165) is 16.9 Å². The monoisotopic (exact) mass is 246 g/mol. The highest BCUT2D eigenvalue weighted by molar-refractivity contribution is 7.15. The molecule has 1 aromatic carbocycles. The zero-order chi connectivity index (χ0) is 12.0. The predicted molar refractivity (Wildman–Crippen MR) is 69.0 cm³/mol. The lowest BCUT2D eigenvalue weighted by atomic mass is 9.93. The molecule has 17 heavy (non-hydrogen) atoms. The second-order valence-electron chi connectivity index (χ2n) is 4.58. The Hall–Kier alpha value is -1.39. The number of thiazole rings is 1. The first kappa shape index (κ1) is 10.7. The summed E-state index contributed by atoms with van der Waals surface area (Å²) < 4.78 is 0. The van der Waals surface area contributed by atoms with Crippen molar-refractivity contribution in [3.8, 4) is 0 Å². The summed E-state index contributed by atoms with van der Waals surface area (Å²) in [6, 6.07) is 6.26. The Kier molecular flexibility index (Phi) is 2.24. The van der Waals surface area contributed by atoms with Crippen molar-refractivity contribution in [2.24, 2.45) is 0 Å². The number of anilines is 1. The molecule has 1 unspecified atom stereocenters. The molecule has 0 saturated carbocycles. The molecule has 1 atom stereocenters. The van der Waals surface area contributed by atoms with Crippen LogP contribution in [0.2, 0.25) is 0 Å². The van der Waals surface area contributed by atoms with E-state index in [2.05, 4.69) is 23.2 Å². The van der Waals surface area contributed by atoms with Crippen molar-refractivity contribution < 1.29 is 5.11 Å². The fourth-order valence-electron chi connectivity index (χ4n) is 2.48. The quantitative estimate of drug-likeness (QED) is 0.811. The van der Waals surface area contributed by atoms with Crippen LogP contribution >= 0.6 is 11.3 Å². The normalized spacial score (nSPS) is 22.7. The Balaban J connectivity index is 2.16. The first-order chi connectivity index (χ1) is 8.09. The maximum absolute atomic E-state index is 10.9. The molecule has 0 fully saturated rings.